The topological polar surface area (TPSA) is 73.8 Å². The van der Waals surface area contributed by atoms with Crippen molar-refractivity contribution in [3.8, 4) is 11.3 Å². The Labute approximate surface area is 230 Å². The minimum atomic E-state index is -0.786. The van der Waals surface area contributed by atoms with Crippen molar-refractivity contribution in [1.29, 1.82) is 0 Å². The summed E-state index contributed by atoms with van der Waals surface area (Å²) in [5.41, 5.74) is 1.69. The minimum absolute atomic E-state index is 0.188. The summed E-state index contributed by atoms with van der Waals surface area (Å²) in [6.07, 6.45) is 1.64. The fraction of sp³-hybridized carbons (Fsp3) is 0.148. The molecule has 0 saturated heterocycles. The number of halogens is 3. The molecule has 0 amide bonds. The summed E-state index contributed by atoms with van der Waals surface area (Å²) in [4.78, 5) is 31.7. The Balaban J connectivity index is 1.65. The summed E-state index contributed by atoms with van der Waals surface area (Å²) < 4.78 is 13.1. The monoisotopic (exact) mass is 572 g/mol. The molecule has 1 aliphatic heterocycles. The molecule has 0 radical (unpaired) electrons. The van der Waals surface area contributed by atoms with E-state index in [0.717, 1.165) is 0 Å². The second-order valence-electron chi connectivity index (χ2n) is 8.15. The summed E-state index contributed by atoms with van der Waals surface area (Å²) in [6.45, 7) is 3.64. The van der Waals surface area contributed by atoms with Gasteiger partial charge in [0.25, 0.3) is 5.56 Å². The number of fused-ring (bicyclic) bond motifs is 1. The molecule has 1 atom stereocenters. The molecule has 0 saturated carbocycles. The van der Waals surface area contributed by atoms with Gasteiger partial charge in [0.05, 0.1) is 27.4 Å². The molecule has 10 heteroatoms. The number of furan rings is 1. The van der Waals surface area contributed by atoms with Gasteiger partial charge in [0.15, 0.2) is 4.80 Å². The predicted molar refractivity (Wildman–Crippen MR) is 146 cm³/mol. The van der Waals surface area contributed by atoms with Crippen LogP contribution in [0.1, 0.15) is 31.2 Å². The summed E-state index contributed by atoms with van der Waals surface area (Å²) in [7, 11) is 0. The highest BCUT2D eigenvalue weighted by Gasteiger charge is 2.34. The molecule has 2 aromatic carbocycles. The van der Waals surface area contributed by atoms with Crippen LogP contribution >= 0.6 is 46.1 Å². The van der Waals surface area contributed by atoms with Crippen LogP contribution in [0.25, 0.3) is 17.4 Å². The molecule has 4 aromatic rings. The summed E-state index contributed by atoms with van der Waals surface area (Å²) in [5.74, 6) is 0.454. The van der Waals surface area contributed by atoms with Crippen molar-refractivity contribution < 1.29 is 13.9 Å². The highest BCUT2D eigenvalue weighted by molar-refractivity contribution is 7.07. The van der Waals surface area contributed by atoms with E-state index in [-0.39, 0.29) is 17.7 Å². The summed E-state index contributed by atoms with van der Waals surface area (Å²) in [6, 6.07) is 15.0. The van der Waals surface area contributed by atoms with Crippen molar-refractivity contribution in [3.05, 3.63) is 112 Å². The second-order valence-corrected chi connectivity index (χ2v) is 10.4. The third-order valence-corrected chi connectivity index (χ3v) is 7.69. The Hall–Kier alpha value is -3.10. The van der Waals surface area contributed by atoms with Gasteiger partial charge >= 0.3 is 5.97 Å². The van der Waals surface area contributed by atoms with Gasteiger partial charge in [-0.1, -0.05) is 64.3 Å². The number of ether oxygens (including phenoxy) is 1. The molecule has 0 aliphatic carbocycles. The third-order valence-electron chi connectivity index (χ3n) is 5.81. The second kappa shape index (κ2) is 10.3. The molecule has 0 bridgehead atoms. The van der Waals surface area contributed by atoms with E-state index in [1.54, 1.807) is 74.5 Å². The van der Waals surface area contributed by atoms with Crippen LogP contribution in [-0.2, 0) is 9.53 Å². The Bertz CT molecular complexity index is 1750. The van der Waals surface area contributed by atoms with Crippen LogP contribution in [-0.4, -0.2) is 17.1 Å². The first-order valence-electron chi connectivity index (χ1n) is 11.3. The molecule has 37 heavy (non-hydrogen) atoms. The zero-order chi connectivity index (χ0) is 26.3. The van der Waals surface area contributed by atoms with Crippen molar-refractivity contribution in [3.63, 3.8) is 0 Å². The Morgan fingerprint density at radius 3 is 2.65 bits per heavy atom. The lowest BCUT2D eigenvalue weighted by Gasteiger charge is -2.25. The third kappa shape index (κ3) is 4.80. The fourth-order valence-corrected chi connectivity index (χ4v) is 5.94. The minimum Gasteiger partial charge on any atom is -0.463 e. The van der Waals surface area contributed by atoms with Gasteiger partial charge in [-0.05, 0) is 55.8 Å². The number of benzene rings is 2. The zero-order valence-electron chi connectivity index (χ0n) is 19.6. The summed E-state index contributed by atoms with van der Waals surface area (Å²) >= 11 is 20.0. The Morgan fingerprint density at radius 1 is 1.14 bits per heavy atom. The number of hydrogen-bond acceptors (Lipinski definition) is 6. The number of carbonyl (C=O) groups excluding carboxylic acids is 1. The van der Waals surface area contributed by atoms with Gasteiger partial charge in [0, 0.05) is 21.7 Å². The van der Waals surface area contributed by atoms with Gasteiger partial charge in [-0.15, -0.1) is 0 Å². The van der Waals surface area contributed by atoms with Gasteiger partial charge in [0.2, 0.25) is 0 Å². The summed E-state index contributed by atoms with van der Waals surface area (Å²) in [5, 5.41) is 1.40. The first kappa shape index (κ1) is 25.5. The van der Waals surface area contributed by atoms with Crippen LogP contribution in [0.15, 0.2) is 80.1 Å². The van der Waals surface area contributed by atoms with Crippen LogP contribution in [0.5, 0.6) is 0 Å². The molecule has 0 spiro atoms. The highest BCUT2D eigenvalue weighted by atomic mass is 35.5. The fourth-order valence-electron chi connectivity index (χ4n) is 4.18. The lowest BCUT2D eigenvalue weighted by atomic mass is 9.96. The van der Waals surface area contributed by atoms with Gasteiger partial charge in [-0.2, -0.15) is 0 Å². The van der Waals surface area contributed by atoms with Crippen molar-refractivity contribution in [1.82, 2.24) is 4.57 Å². The number of rotatable bonds is 5. The molecule has 0 fully saturated rings. The van der Waals surface area contributed by atoms with Gasteiger partial charge < -0.3 is 9.15 Å². The van der Waals surface area contributed by atoms with Crippen LogP contribution in [0.2, 0.25) is 15.1 Å². The van der Waals surface area contributed by atoms with Gasteiger partial charge in [-0.3, -0.25) is 9.36 Å². The molecule has 5 rings (SSSR count). The number of aromatic nitrogens is 1. The van der Waals surface area contributed by atoms with Crippen molar-refractivity contribution >= 4 is 58.2 Å². The molecule has 3 heterocycles. The molecule has 6 nitrogen and oxygen atoms in total. The molecular weight excluding hydrogens is 555 g/mol. The lowest BCUT2D eigenvalue weighted by molar-refractivity contribution is -0.139. The zero-order valence-corrected chi connectivity index (χ0v) is 22.7. The molecule has 188 valence electrons. The van der Waals surface area contributed by atoms with E-state index in [0.29, 0.717) is 52.7 Å². The van der Waals surface area contributed by atoms with Crippen molar-refractivity contribution in [2.45, 2.75) is 19.9 Å². The average molecular weight is 574 g/mol. The Kier molecular flexibility index (Phi) is 7.14. The number of carbonyl (C=O) groups is 1. The van der Waals surface area contributed by atoms with Crippen LogP contribution < -0.4 is 14.9 Å². The number of nitrogens with zero attached hydrogens (tertiary/aromatic N) is 2. The molecule has 2 aromatic heterocycles. The first-order chi connectivity index (χ1) is 17.8. The van der Waals surface area contributed by atoms with Crippen molar-refractivity contribution in [2.24, 2.45) is 4.99 Å². The smallest absolute Gasteiger partial charge is 0.338 e. The Morgan fingerprint density at radius 2 is 1.92 bits per heavy atom. The number of thiazole rings is 1. The number of esters is 1. The van der Waals surface area contributed by atoms with Gasteiger partial charge in [-0.25, -0.2) is 9.79 Å². The highest BCUT2D eigenvalue weighted by Crippen LogP contribution is 2.35. The van der Waals surface area contributed by atoms with Crippen LogP contribution in [0.3, 0.4) is 0 Å². The van der Waals surface area contributed by atoms with Crippen LogP contribution in [0.4, 0.5) is 0 Å². The normalized spacial score (nSPS) is 15.5. The lowest BCUT2D eigenvalue weighted by Crippen LogP contribution is -2.40. The van der Waals surface area contributed by atoms with E-state index in [2.05, 4.69) is 4.99 Å². The van der Waals surface area contributed by atoms with E-state index in [1.807, 2.05) is 0 Å². The SMILES string of the molecule is CCOC(=O)C1=C(C)N=c2sc(=Cc3ccc(-c4ccc(Cl)cc4Cl)o3)c(=O)n2C1c1ccccc1Cl. The van der Waals surface area contributed by atoms with E-state index in [9.17, 15) is 9.59 Å². The van der Waals surface area contributed by atoms with Gasteiger partial charge in [0.1, 0.15) is 17.6 Å². The van der Waals surface area contributed by atoms with E-state index >= 15 is 0 Å². The molecule has 0 N–H and O–H groups in total. The number of allylic oxidation sites excluding steroid dienone is 1. The quantitative estimate of drug-likeness (QED) is 0.274. The molecular formula is C27H19Cl3N2O4S. The van der Waals surface area contributed by atoms with Crippen LogP contribution in [0, 0.1) is 0 Å². The molecule has 1 aliphatic rings. The maximum absolute atomic E-state index is 13.7. The average Bonchev–Trinajstić information content (AvgIpc) is 3.43. The van der Waals surface area contributed by atoms with Crippen molar-refractivity contribution in [2.75, 3.05) is 6.61 Å². The number of hydrogen-bond donors (Lipinski definition) is 0. The maximum atomic E-state index is 13.7. The van der Waals surface area contributed by atoms with E-state index in [4.69, 9.17) is 44.0 Å². The molecule has 1 unspecified atom stereocenters. The largest absolute Gasteiger partial charge is 0.463 e. The van der Waals surface area contributed by atoms with E-state index < -0.39 is 12.0 Å². The van der Waals surface area contributed by atoms with E-state index in [1.165, 1.54) is 15.9 Å². The maximum Gasteiger partial charge on any atom is 0.338 e. The standard InChI is InChI=1S/C27H19Cl3N2O4S/c1-3-35-26(34)23-14(2)31-27-32(24(23)18-6-4-5-7-19(18)29)25(33)22(37-27)13-16-9-11-21(36-16)17-10-8-15(28)12-20(17)30/h4-13,24H,3H2,1-2H3. The first-order valence-corrected chi connectivity index (χ1v) is 13.2. The predicted octanol–water partition coefficient (Wildman–Crippen LogP) is 6.02.